The van der Waals surface area contributed by atoms with Crippen molar-refractivity contribution in [1.29, 1.82) is 0 Å². The molecule has 0 N–H and O–H groups in total. The number of carbonyl (C=O) groups is 3. The molecule has 6 nitrogen and oxygen atoms in total. The molecule has 3 amide bonds. The van der Waals surface area contributed by atoms with E-state index in [4.69, 9.17) is 4.74 Å². The van der Waals surface area contributed by atoms with E-state index in [2.05, 4.69) is 6.92 Å². The van der Waals surface area contributed by atoms with E-state index in [1.165, 1.54) is 4.90 Å². The van der Waals surface area contributed by atoms with Crippen molar-refractivity contribution in [3.05, 3.63) is 35.4 Å². The average molecular weight is 372 g/mol. The van der Waals surface area contributed by atoms with Crippen LogP contribution in [0.5, 0.6) is 0 Å². The van der Waals surface area contributed by atoms with Crippen LogP contribution in [-0.2, 0) is 4.74 Å². The van der Waals surface area contributed by atoms with E-state index in [1.54, 1.807) is 29.2 Å². The number of amides is 3. The molecule has 1 unspecified atom stereocenters. The van der Waals surface area contributed by atoms with Crippen LogP contribution in [0.1, 0.15) is 61.3 Å². The van der Waals surface area contributed by atoms with Crippen molar-refractivity contribution in [2.45, 2.75) is 46.1 Å². The predicted molar refractivity (Wildman–Crippen MR) is 102 cm³/mol. The summed E-state index contributed by atoms with van der Waals surface area (Å²) in [6.45, 7) is 9.38. The van der Waals surface area contributed by atoms with Gasteiger partial charge in [0.2, 0.25) is 0 Å². The standard InChI is InChI=1S/C21H28N2O4/c1-14(13-23-18(24)16-7-5-6-8-17(16)19(23)25)15-9-11-22(12-10-15)20(26)27-21(2,3)4/h5-8,14-15H,9-13H2,1-4H3. The lowest BCUT2D eigenvalue weighted by Gasteiger charge is -2.36. The van der Waals surface area contributed by atoms with Gasteiger partial charge in [0.25, 0.3) is 11.8 Å². The molecule has 0 aromatic heterocycles. The summed E-state index contributed by atoms with van der Waals surface area (Å²) in [5, 5.41) is 0. The molecule has 0 saturated carbocycles. The van der Waals surface area contributed by atoms with Gasteiger partial charge in [0.15, 0.2) is 0 Å². The van der Waals surface area contributed by atoms with E-state index >= 15 is 0 Å². The summed E-state index contributed by atoms with van der Waals surface area (Å²) < 4.78 is 5.43. The van der Waals surface area contributed by atoms with Gasteiger partial charge in [-0.2, -0.15) is 0 Å². The minimum atomic E-state index is -0.493. The quantitative estimate of drug-likeness (QED) is 0.761. The largest absolute Gasteiger partial charge is 0.444 e. The van der Waals surface area contributed by atoms with Crippen molar-refractivity contribution in [3.8, 4) is 0 Å². The van der Waals surface area contributed by atoms with E-state index in [1.807, 2.05) is 20.8 Å². The maximum Gasteiger partial charge on any atom is 0.410 e. The molecule has 1 aromatic carbocycles. The first-order valence-corrected chi connectivity index (χ1v) is 9.60. The van der Waals surface area contributed by atoms with Crippen molar-refractivity contribution in [1.82, 2.24) is 9.80 Å². The zero-order valence-electron chi connectivity index (χ0n) is 16.5. The predicted octanol–water partition coefficient (Wildman–Crippen LogP) is 3.57. The van der Waals surface area contributed by atoms with Gasteiger partial charge in [-0.3, -0.25) is 14.5 Å². The van der Waals surface area contributed by atoms with Gasteiger partial charge in [-0.25, -0.2) is 4.79 Å². The minimum Gasteiger partial charge on any atom is -0.444 e. The topological polar surface area (TPSA) is 66.9 Å². The Bertz CT molecular complexity index is 710. The van der Waals surface area contributed by atoms with Gasteiger partial charge >= 0.3 is 6.09 Å². The number of fused-ring (bicyclic) bond motifs is 1. The number of carbonyl (C=O) groups excluding carboxylic acids is 3. The molecule has 3 rings (SSSR count). The molecule has 27 heavy (non-hydrogen) atoms. The first-order chi connectivity index (χ1) is 12.7. The molecule has 1 saturated heterocycles. The molecular formula is C21H28N2O4. The van der Waals surface area contributed by atoms with Gasteiger partial charge in [0.1, 0.15) is 5.60 Å². The molecule has 2 heterocycles. The first-order valence-electron chi connectivity index (χ1n) is 9.60. The molecule has 1 fully saturated rings. The van der Waals surface area contributed by atoms with Crippen LogP contribution in [0.25, 0.3) is 0 Å². The number of benzene rings is 1. The van der Waals surface area contributed by atoms with Gasteiger partial charge < -0.3 is 9.64 Å². The number of nitrogens with zero attached hydrogens (tertiary/aromatic N) is 2. The maximum atomic E-state index is 12.5. The summed E-state index contributed by atoms with van der Waals surface area (Å²) in [5.41, 5.74) is 0.496. The van der Waals surface area contributed by atoms with E-state index in [-0.39, 0.29) is 23.8 Å². The minimum absolute atomic E-state index is 0.188. The van der Waals surface area contributed by atoms with Crippen LogP contribution >= 0.6 is 0 Å². The Balaban J connectivity index is 1.55. The number of ether oxygens (including phenoxy) is 1. The molecule has 0 bridgehead atoms. The van der Waals surface area contributed by atoms with E-state index in [9.17, 15) is 14.4 Å². The SMILES string of the molecule is CC(CN1C(=O)c2ccccc2C1=O)C1CCN(C(=O)OC(C)(C)C)CC1. The third-order valence-electron chi connectivity index (χ3n) is 5.34. The van der Waals surface area contributed by atoms with Crippen LogP contribution in [0.2, 0.25) is 0 Å². The number of rotatable bonds is 3. The summed E-state index contributed by atoms with van der Waals surface area (Å²) in [4.78, 5) is 40.4. The van der Waals surface area contributed by atoms with Crippen molar-refractivity contribution < 1.29 is 19.1 Å². The molecule has 2 aliphatic heterocycles. The van der Waals surface area contributed by atoms with Gasteiger partial charge in [-0.1, -0.05) is 19.1 Å². The molecule has 146 valence electrons. The lowest BCUT2D eigenvalue weighted by atomic mass is 9.85. The van der Waals surface area contributed by atoms with E-state index in [0.717, 1.165) is 12.8 Å². The van der Waals surface area contributed by atoms with Crippen LogP contribution in [0.3, 0.4) is 0 Å². The molecule has 0 spiro atoms. The smallest absolute Gasteiger partial charge is 0.410 e. The van der Waals surface area contributed by atoms with E-state index in [0.29, 0.717) is 36.7 Å². The van der Waals surface area contributed by atoms with Gasteiger partial charge in [-0.05, 0) is 57.6 Å². The fourth-order valence-corrected chi connectivity index (χ4v) is 3.82. The Labute approximate surface area is 160 Å². The highest BCUT2D eigenvalue weighted by atomic mass is 16.6. The summed E-state index contributed by atoms with van der Waals surface area (Å²) in [5.74, 6) is 0.156. The summed E-state index contributed by atoms with van der Waals surface area (Å²) in [6, 6.07) is 6.98. The highest BCUT2D eigenvalue weighted by Gasteiger charge is 2.37. The van der Waals surface area contributed by atoms with Crippen LogP contribution in [0.15, 0.2) is 24.3 Å². The highest BCUT2D eigenvalue weighted by Crippen LogP contribution is 2.29. The van der Waals surface area contributed by atoms with Crippen LogP contribution in [0.4, 0.5) is 4.79 Å². The lowest BCUT2D eigenvalue weighted by molar-refractivity contribution is 0.0157. The van der Waals surface area contributed by atoms with Crippen molar-refractivity contribution in [3.63, 3.8) is 0 Å². The van der Waals surface area contributed by atoms with E-state index < -0.39 is 5.60 Å². The molecule has 0 aliphatic carbocycles. The Morgan fingerprint density at radius 1 is 1.11 bits per heavy atom. The Morgan fingerprint density at radius 2 is 1.63 bits per heavy atom. The number of hydrogen-bond acceptors (Lipinski definition) is 4. The van der Waals surface area contributed by atoms with Gasteiger partial charge in [0.05, 0.1) is 11.1 Å². The van der Waals surface area contributed by atoms with Gasteiger partial charge in [-0.15, -0.1) is 0 Å². The summed E-state index contributed by atoms with van der Waals surface area (Å²) >= 11 is 0. The molecule has 6 heteroatoms. The summed E-state index contributed by atoms with van der Waals surface area (Å²) in [7, 11) is 0. The lowest BCUT2D eigenvalue weighted by Crippen LogP contribution is -2.44. The van der Waals surface area contributed by atoms with Crippen LogP contribution < -0.4 is 0 Å². The second kappa shape index (κ2) is 7.33. The van der Waals surface area contributed by atoms with Crippen molar-refractivity contribution in [2.24, 2.45) is 11.8 Å². The number of likely N-dealkylation sites (tertiary alicyclic amines) is 1. The zero-order valence-corrected chi connectivity index (χ0v) is 16.5. The first kappa shape index (κ1) is 19.4. The Morgan fingerprint density at radius 3 is 2.11 bits per heavy atom. The Hall–Kier alpha value is -2.37. The average Bonchev–Trinajstić information content (AvgIpc) is 2.86. The highest BCUT2D eigenvalue weighted by molar-refractivity contribution is 6.21. The second-order valence-electron chi connectivity index (χ2n) is 8.55. The molecule has 1 atom stereocenters. The van der Waals surface area contributed by atoms with Crippen LogP contribution in [0, 0.1) is 11.8 Å². The Kier molecular flexibility index (Phi) is 5.27. The number of hydrogen-bond donors (Lipinski definition) is 0. The molecule has 2 aliphatic rings. The third kappa shape index (κ3) is 4.15. The molecular weight excluding hydrogens is 344 g/mol. The monoisotopic (exact) mass is 372 g/mol. The molecule has 0 radical (unpaired) electrons. The normalized spacial score (nSPS) is 19.3. The number of piperidine rings is 1. The maximum absolute atomic E-state index is 12.5. The van der Waals surface area contributed by atoms with Gasteiger partial charge in [0, 0.05) is 19.6 Å². The van der Waals surface area contributed by atoms with Crippen molar-refractivity contribution in [2.75, 3.05) is 19.6 Å². The second-order valence-corrected chi connectivity index (χ2v) is 8.55. The fourth-order valence-electron chi connectivity index (χ4n) is 3.82. The third-order valence-corrected chi connectivity index (χ3v) is 5.34. The molecule has 1 aromatic rings. The zero-order chi connectivity index (χ0) is 19.8. The van der Waals surface area contributed by atoms with Crippen LogP contribution in [-0.4, -0.2) is 52.9 Å². The summed E-state index contributed by atoms with van der Waals surface area (Å²) in [6.07, 6.45) is 1.43. The number of imide groups is 1. The fraction of sp³-hybridized carbons (Fsp3) is 0.571. The van der Waals surface area contributed by atoms with Crippen molar-refractivity contribution >= 4 is 17.9 Å².